The number of aliphatic hydroxyl groups excluding tert-OH is 3. The normalized spacial score (nSPS) is 43.0. The Morgan fingerprint density at radius 1 is 1.11 bits per heavy atom. The fraction of sp³-hybridized carbons (Fsp3) is 0.630. The number of rotatable bonds is 3. The first-order valence-corrected chi connectivity index (χ1v) is 12.2. The van der Waals surface area contributed by atoms with Crippen molar-refractivity contribution in [3.05, 3.63) is 47.1 Å². The third-order valence-corrected chi connectivity index (χ3v) is 9.63. The minimum atomic E-state index is -1.26. The van der Waals surface area contributed by atoms with Gasteiger partial charge in [0, 0.05) is 23.5 Å². The number of fused-ring (bicyclic) bond motifs is 4. The Hall–Kier alpha value is -2.62. The van der Waals surface area contributed by atoms with E-state index in [1.54, 1.807) is 6.07 Å². The molecule has 3 N–H and O–H groups in total. The molecule has 9 heteroatoms. The molecule has 196 valence electrons. The van der Waals surface area contributed by atoms with Crippen LogP contribution >= 0.6 is 0 Å². The van der Waals surface area contributed by atoms with Crippen LogP contribution in [0, 0.1) is 28.1 Å². The highest BCUT2D eigenvalue weighted by molar-refractivity contribution is 5.86. The number of cyclic esters (lactones) is 1. The molecule has 0 aromatic carbocycles. The molecule has 9 atom stereocenters. The Kier molecular flexibility index (Phi) is 5.52. The van der Waals surface area contributed by atoms with Gasteiger partial charge in [-0.15, -0.1) is 0 Å². The van der Waals surface area contributed by atoms with Crippen LogP contribution in [0.25, 0.3) is 0 Å². The van der Waals surface area contributed by atoms with Gasteiger partial charge in [0.1, 0.15) is 24.1 Å². The van der Waals surface area contributed by atoms with Crippen LogP contribution in [0.3, 0.4) is 0 Å². The van der Waals surface area contributed by atoms with Crippen molar-refractivity contribution in [2.75, 3.05) is 7.11 Å². The van der Waals surface area contributed by atoms with Crippen LogP contribution in [0.4, 0.5) is 0 Å². The summed E-state index contributed by atoms with van der Waals surface area (Å²) in [7, 11) is 1.31. The molecule has 1 saturated carbocycles. The van der Waals surface area contributed by atoms with Crippen LogP contribution in [-0.2, 0) is 23.8 Å². The van der Waals surface area contributed by atoms with E-state index in [2.05, 4.69) is 0 Å². The molecule has 0 amide bonds. The molecule has 3 heterocycles. The summed E-state index contributed by atoms with van der Waals surface area (Å²) in [4.78, 5) is 25.2. The highest BCUT2D eigenvalue weighted by Gasteiger charge is 2.72. The van der Waals surface area contributed by atoms with Crippen molar-refractivity contribution in [1.29, 1.82) is 0 Å². The second-order valence-electron chi connectivity index (χ2n) is 11.6. The summed E-state index contributed by atoms with van der Waals surface area (Å²) in [6.45, 7) is 9.19. The molecular weight excluding hydrogens is 468 g/mol. The van der Waals surface area contributed by atoms with Crippen LogP contribution in [0.2, 0.25) is 0 Å². The van der Waals surface area contributed by atoms with Crippen LogP contribution in [0.15, 0.2) is 46.0 Å². The molecule has 0 spiro atoms. The molecule has 2 aliphatic heterocycles. The molecule has 4 aliphatic rings. The first kappa shape index (κ1) is 25.0. The van der Waals surface area contributed by atoms with E-state index < -0.39 is 70.5 Å². The summed E-state index contributed by atoms with van der Waals surface area (Å²) in [5.41, 5.74) is -1.08. The van der Waals surface area contributed by atoms with Gasteiger partial charge in [-0.1, -0.05) is 20.8 Å². The molecule has 2 aliphatic carbocycles. The quantitative estimate of drug-likeness (QED) is 0.533. The van der Waals surface area contributed by atoms with E-state index in [9.17, 15) is 24.9 Å². The molecule has 1 aromatic heterocycles. The second kappa shape index (κ2) is 7.94. The number of ether oxygens (including phenoxy) is 3. The molecule has 5 rings (SSSR count). The predicted molar refractivity (Wildman–Crippen MR) is 125 cm³/mol. The maximum Gasteiger partial charge on any atom is 0.331 e. The van der Waals surface area contributed by atoms with Gasteiger partial charge >= 0.3 is 11.9 Å². The lowest BCUT2D eigenvalue weighted by atomic mass is 9.46. The molecule has 1 aromatic rings. The van der Waals surface area contributed by atoms with Crippen LogP contribution in [-0.4, -0.2) is 58.8 Å². The number of carbonyl (C=O) groups is 2. The van der Waals surface area contributed by atoms with Crippen molar-refractivity contribution in [1.82, 2.24) is 0 Å². The number of furan rings is 1. The monoisotopic (exact) mass is 502 g/mol. The third-order valence-electron chi connectivity index (χ3n) is 9.63. The van der Waals surface area contributed by atoms with Gasteiger partial charge < -0.3 is 33.9 Å². The van der Waals surface area contributed by atoms with Crippen molar-refractivity contribution in [2.24, 2.45) is 28.1 Å². The molecule has 0 radical (unpaired) electrons. The molecular formula is C27H34O9. The van der Waals surface area contributed by atoms with Crippen LogP contribution in [0.5, 0.6) is 0 Å². The van der Waals surface area contributed by atoms with Gasteiger partial charge in [0.2, 0.25) is 0 Å². The minimum absolute atomic E-state index is 0.0290. The molecule has 9 nitrogen and oxygen atoms in total. The van der Waals surface area contributed by atoms with E-state index >= 15 is 0 Å². The number of methoxy groups -OCH3 is 1. The Morgan fingerprint density at radius 3 is 2.42 bits per heavy atom. The van der Waals surface area contributed by atoms with Crippen molar-refractivity contribution < 1.29 is 43.5 Å². The van der Waals surface area contributed by atoms with Gasteiger partial charge in [0.25, 0.3) is 0 Å². The molecule has 0 unspecified atom stereocenters. The average molecular weight is 503 g/mol. The lowest BCUT2D eigenvalue weighted by molar-refractivity contribution is -0.221. The summed E-state index contributed by atoms with van der Waals surface area (Å²) < 4.78 is 22.4. The van der Waals surface area contributed by atoms with Crippen molar-refractivity contribution in [2.45, 2.75) is 71.6 Å². The Bertz CT molecular complexity index is 1150. The van der Waals surface area contributed by atoms with Crippen LogP contribution < -0.4 is 0 Å². The smallest absolute Gasteiger partial charge is 0.331 e. The SMILES string of the molecule is COC(=O)C[C@H]1C(C)(C)[C@H](O)[C@H](O)[C@@H]2OC3=C(C)C4=CC(=O)O[C@@H](c5ccoc5)[C@]4(C)[C@@H](O)[C@@H]3[C@@]21C. The summed E-state index contributed by atoms with van der Waals surface area (Å²) in [5, 5.41) is 34.5. The highest BCUT2D eigenvalue weighted by Crippen LogP contribution is 2.69. The maximum absolute atomic E-state index is 12.6. The Labute approximate surface area is 209 Å². The zero-order valence-corrected chi connectivity index (χ0v) is 21.3. The topological polar surface area (TPSA) is 136 Å². The van der Waals surface area contributed by atoms with E-state index in [4.69, 9.17) is 18.6 Å². The number of hydrogen-bond donors (Lipinski definition) is 3. The van der Waals surface area contributed by atoms with Gasteiger partial charge in [-0.25, -0.2) is 4.79 Å². The van der Waals surface area contributed by atoms with E-state index in [1.807, 2.05) is 34.6 Å². The molecule has 0 bridgehead atoms. The zero-order valence-electron chi connectivity index (χ0n) is 21.3. The number of allylic oxidation sites excluding steroid dienone is 1. The van der Waals surface area contributed by atoms with Gasteiger partial charge in [0.05, 0.1) is 43.2 Å². The lowest BCUT2D eigenvalue weighted by Gasteiger charge is -2.58. The first-order chi connectivity index (χ1) is 16.8. The Morgan fingerprint density at radius 2 is 1.81 bits per heavy atom. The number of esters is 2. The fourth-order valence-electron chi connectivity index (χ4n) is 7.63. The largest absolute Gasteiger partial charge is 0.491 e. The van der Waals surface area contributed by atoms with E-state index in [0.29, 0.717) is 22.5 Å². The predicted octanol–water partition coefficient (Wildman–Crippen LogP) is 2.42. The van der Waals surface area contributed by atoms with Gasteiger partial charge in [-0.05, 0) is 42.4 Å². The van der Waals surface area contributed by atoms with Crippen molar-refractivity contribution in [3.63, 3.8) is 0 Å². The van der Waals surface area contributed by atoms with Crippen molar-refractivity contribution in [3.8, 4) is 0 Å². The minimum Gasteiger partial charge on any atom is -0.491 e. The standard InChI is InChI=1S/C27H34O9/c1-12-14-9-17(29)35-23(13-7-8-34-11-13)26(14,4)21(31)18-20(12)36-24-19(30)22(32)25(2,3)15(27(18,24)5)10-16(28)33-6/h7-9,11,15,18-19,21-24,30-32H,10H2,1-6H3/t15-,18+,19-,21-,22+,23-,24-,26-,27-/m0/s1. The Balaban J connectivity index is 1.73. The maximum atomic E-state index is 12.6. The molecule has 36 heavy (non-hydrogen) atoms. The third kappa shape index (κ3) is 2.99. The summed E-state index contributed by atoms with van der Waals surface area (Å²) in [6, 6.07) is 1.70. The van der Waals surface area contributed by atoms with E-state index in [-0.39, 0.29) is 6.42 Å². The van der Waals surface area contributed by atoms with Gasteiger partial charge in [0.15, 0.2) is 0 Å². The molecule has 1 saturated heterocycles. The number of carbonyl (C=O) groups excluding carboxylic acids is 2. The number of aliphatic hydroxyl groups is 3. The van der Waals surface area contributed by atoms with Crippen molar-refractivity contribution >= 4 is 11.9 Å². The van der Waals surface area contributed by atoms with Gasteiger partial charge in [-0.2, -0.15) is 0 Å². The van der Waals surface area contributed by atoms with Crippen LogP contribution in [0.1, 0.15) is 52.7 Å². The summed E-state index contributed by atoms with van der Waals surface area (Å²) >= 11 is 0. The first-order valence-electron chi connectivity index (χ1n) is 12.2. The highest BCUT2D eigenvalue weighted by atomic mass is 16.5. The summed E-state index contributed by atoms with van der Waals surface area (Å²) in [6.07, 6.45) is -0.954. The molecule has 2 fully saturated rings. The van der Waals surface area contributed by atoms with E-state index in [1.165, 1.54) is 25.7 Å². The lowest BCUT2D eigenvalue weighted by Crippen LogP contribution is -2.66. The number of hydrogen-bond acceptors (Lipinski definition) is 9. The van der Waals surface area contributed by atoms with E-state index in [0.717, 1.165) is 0 Å². The zero-order chi connectivity index (χ0) is 26.4. The van der Waals surface area contributed by atoms with Gasteiger partial charge in [-0.3, -0.25) is 4.79 Å². The summed E-state index contributed by atoms with van der Waals surface area (Å²) in [5.74, 6) is -1.71. The second-order valence-corrected chi connectivity index (χ2v) is 11.6. The fourth-order valence-corrected chi connectivity index (χ4v) is 7.63. The average Bonchev–Trinajstić information content (AvgIpc) is 3.47.